The second kappa shape index (κ2) is 6.91. The fraction of sp³-hybridized carbons (Fsp3) is 0.632. The highest BCUT2D eigenvalue weighted by atomic mass is 19.2. The Bertz CT molecular complexity index is 720. The van der Waals surface area contributed by atoms with Gasteiger partial charge < -0.3 is 19.3 Å². The van der Waals surface area contributed by atoms with Gasteiger partial charge >= 0.3 is 6.09 Å². The largest absolute Gasteiger partial charge is 0.496 e. The fourth-order valence-corrected chi connectivity index (χ4v) is 3.87. The van der Waals surface area contributed by atoms with E-state index < -0.39 is 41.0 Å². The van der Waals surface area contributed by atoms with Gasteiger partial charge in [-0.05, 0) is 26.8 Å². The lowest BCUT2D eigenvalue weighted by atomic mass is 9.76. The molecule has 150 valence electrons. The van der Waals surface area contributed by atoms with E-state index in [2.05, 4.69) is 0 Å². The number of fused-ring (bicyclic) bond motifs is 2. The maximum absolute atomic E-state index is 13.9. The number of ether oxygens (including phenoxy) is 3. The summed E-state index contributed by atoms with van der Waals surface area (Å²) in [6.45, 7) is 5.80. The van der Waals surface area contributed by atoms with Gasteiger partial charge in [-0.25, -0.2) is 13.6 Å². The second-order valence-corrected chi connectivity index (χ2v) is 8.14. The molecule has 0 spiro atoms. The van der Waals surface area contributed by atoms with Gasteiger partial charge in [0.25, 0.3) is 0 Å². The number of aliphatic hydroxyl groups is 1. The van der Waals surface area contributed by atoms with Crippen LogP contribution in [-0.4, -0.2) is 54.1 Å². The van der Waals surface area contributed by atoms with Crippen molar-refractivity contribution in [3.63, 3.8) is 0 Å². The van der Waals surface area contributed by atoms with Crippen LogP contribution < -0.4 is 4.74 Å². The summed E-state index contributed by atoms with van der Waals surface area (Å²) in [5.41, 5.74) is -1.95. The van der Waals surface area contributed by atoms with Gasteiger partial charge in [-0.1, -0.05) is 0 Å². The molecule has 2 fully saturated rings. The van der Waals surface area contributed by atoms with Crippen molar-refractivity contribution in [2.24, 2.45) is 0 Å². The van der Waals surface area contributed by atoms with Crippen molar-refractivity contribution in [1.82, 2.24) is 4.90 Å². The first-order valence-electron chi connectivity index (χ1n) is 8.89. The molecule has 2 heterocycles. The predicted molar refractivity (Wildman–Crippen MR) is 92.5 cm³/mol. The van der Waals surface area contributed by atoms with Crippen molar-refractivity contribution in [2.45, 2.75) is 56.9 Å². The standard InChI is InChI=1S/C19H25F2NO5/c1-18(2,3)27-17(23)22-11-7-19(24,8-12(22)10-26-9-11)13-5-14(20)15(21)6-16(13)25-4/h5-6,11-12,24H,7-10H2,1-4H3. The minimum absolute atomic E-state index is 0.0705. The van der Waals surface area contributed by atoms with Gasteiger partial charge in [-0.15, -0.1) is 0 Å². The maximum Gasteiger partial charge on any atom is 0.410 e. The van der Waals surface area contributed by atoms with Gasteiger partial charge in [0.15, 0.2) is 11.6 Å². The number of hydrogen-bond donors (Lipinski definition) is 1. The molecule has 1 aromatic carbocycles. The highest BCUT2D eigenvalue weighted by Gasteiger charge is 2.51. The minimum atomic E-state index is -1.47. The number of benzene rings is 1. The molecule has 0 saturated carbocycles. The van der Waals surface area contributed by atoms with Gasteiger partial charge in [-0.3, -0.25) is 4.90 Å². The van der Waals surface area contributed by atoms with Gasteiger partial charge in [0.2, 0.25) is 0 Å². The molecule has 8 heteroatoms. The molecular weight excluding hydrogens is 360 g/mol. The molecule has 2 aliphatic rings. The first-order valence-corrected chi connectivity index (χ1v) is 8.89. The van der Waals surface area contributed by atoms with E-state index in [0.717, 1.165) is 12.1 Å². The van der Waals surface area contributed by atoms with E-state index in [9.17, 15) is 18.7 Å². The average molecular weight is 385 g/mol. The van der Waals surface area contributed by atoms with Crippen molar-refractivity contribution in [2.75, 3.05) is 20.3 Å². The molecule has 2 saturated heterocycles. The molecule has 0 aromatic heterocycles. The summed E-state index contributed by atoms with van der Waals surface area (Å²) >= 11 is 0. The molecule has 27 heavy (non-hydrogen) atoms. The number of hydrogen-bond acceptors (Lipinski definition) is 5. The number of rotatable bonds is 2. The molecule has 2 aliphatic heterocycles. The van der Waals surface area contributed by atoms with E-state index in [1.165, 1.54) is 7.11 Å². The summed E-state index contributed by atoms with van der Waals surface area (Å²) in [5, 5.41) is 11.3. The lowest BCUT2D eigenvalue weighted by Crippen LogP contribution is -2.63. The van der Waals surface area contributed by atoms with E-state index in [4.69, 9.17) is 14.2 Å². The van der Waals surface area contributed by atoms with E-state index in [0.29, 0.717) is 0 Å². The Labute approximate surface area is 157 Å². The Morgan fingerprint density at radius 2 is 1.78 bits per heavy atom. The normalized spacial score (nSPS) is 28.0. The van der Waals surface area contributed by atoms with Gasteiger partial charge in [0, 0.05) is 24.5 Å². The van der Waals surface area contributed by atoms with Crippen LogP contribution in [0.15, 0.2) is 12.1 Å². The molecule has 3 rings (SSSR count). The fourth-order valence-electron chi connectivity index (χ4n) is 3.87. The SMILES string of the molecule is COc1cc(F)c(F)cc1C1(O)CC2COCC(C1)N2C(=O)OC(C)(C)C. The number of carbonyl (C=O) groups is 1. The number of methoxy groups -OCH3 is 1. The molecule has 1 amide bonds. The van der Waals surface area contributed by atoms with E-state index in [1.54, 1.807) is 25.7 Å². The zero-order valence-electron chi connectivity index (χ0n) is 15.9. The number of carbonyl (C=O) groups excluding carboxylic acids is 1. The van der Waals surface area contributed by atoms with Crippen LogP contribution in [0.25, 0.3) is 0 Å². The number of amides is 1. The average Bonchev–Trinajstić information content (AvgIpc) is 2.54. The Balaban J connectivity index is 1.92. The van der Waals surface area contributed by atoms with E-state index >= 15 is 0 Å². The van der Waals surface area contributed by atoms with Crippen molar-refractivity contribution >= 4 is 6.09 Å². The summed E-state index contributed by atoms with van der Waals surface area (Å²) < 4.78 is 43.6. The van der Waals surface area contributed by atoms with Crippen molar-refractivity contribution in [3.05, 3.63) is 29.3 Å². The third-order valence-electron chi connectivity index (χ3n) is 4.90. The Kier molecular flexibility index (Phi) is 5.07. The molecule has 2 unspecified atom stereocenters. The van der Waals surface area contributed by atoms with Crippen LogP contribution in [0.1, 0.15) is 39.2 Å². The third-order valence-corrected chi connectivity index (χ3v) is 4.90. The lowest BCUT2D eigenvalue weighted by molar-refractivity contribution is -0.141. The zero-order valence-corrected chi connectivity index (χ0v) is 15.9. The van der Waals surface area contributed by atoms with Crippen LogP contribution >= 0.6 is 0 Å². The third kappa shape index (κ3) is 3.87. The Morgan fingerprint density at radius 3 is 2.30 bits per heavy atom. The second-order valence-electron chi connectivity index (χ2n) is 8.14. The van der Waals surface area contributed by atoms with Crippen molar-refractivity contribution in [3.8, 4) is 5.75 Å². The van der Waals surface area contributed by atoms with Crippen molar-refractivity contribution < 1.29 is 32.9 Å². The Morgan fingerprint density at radius 1 is 1.22 bits per heavy atom. The summed E-state index contributed by atoms with van der Waals surface area (Å²) in [6, 6.07) is 0.994. The molecule has 2 atom stereocenters. The van der Waals surface area contributed by atoms with Crippen LogP contribution in [0.5, 0.6) is 5.75 Å². The van der Waals surface area contributed by atoms with Crippen LogP contribution in [0.3, 0.4) is 0 Å². The van der Waals surface area contributed by atoms with Crippen LogP contribution in [0.4, 0.5) is 13.6 Å². The summed E-state index contributed by atoms with van der Waals surface area (Å²) in [6.07, 6.45) is -0.269. The smallest absolute Gasteiger partial charge is 0.410 e. The quantitative estimate of drug-likeness (QED) is 0.848. The highest BCUT2D eigenvalue weighted by Crippen LogP contribution is 2.45. The number of nitrogens with zero attached hydrogens (tertiary/aromatic N) is 1. The van der Waals surface area contributed by atoms with Gasteiger partial charge in [-0.2, -0.15) is 0 Å². The molecule has 0 aliphatic carbocycles. The van der Waals surface area contributed by atoms with Crippen LogP contribution in [-0.2, 0) is 15.1 Å². The summed E-state index contributed by atoms with van der Waals surface area (Å²) in [5.74, 6) is -2.04. The zero-order chi connectivity index (χ0) is 20.0. The number of halogens is 2. The summed E-state index contributed by atoms with van der Waals surface area (Å²) in [4.78, 5) is 14.2. The molecule has 1 aromatic rings. The molecule has 1 N–H and O–H groups in total. The van der Waals surface area contributed by atoms with Crippen molar-refractivity contribution in [1.29, 1.82) is 0 Å². The van der Waals surface area contributed by atoms with Gasteiger partial charge in [0.05, 0.1) is 38.0 Å². The minimum Gasteiger partial charge on any atom is -0.496 e. The topological polar surface area (TPSA) is 68.2 Å². The predicted octanol–water partition coefficient (Wildman–Crippen LogP) is 2.96. The molecular formula is C19H25F2NO5. The maximum atomic E-state index is 13.9. The van der Waals surface area contributed by atoms with E-state index in [-0.39, 0.29) is 37.4 Å². The first kappa shape index (κ1) is 19.8. The van der Waals surface area contributed by atoms with Crippen LogP contribution in [0.2, 0.25) is 0 Å². The summed E-state index contributed by atoms with van der Waals surface area (Å²) in [7, 11) is 1.33. The lowest BCUT2D eigenvalue weighted by Gasteiger charge is -2.51. The van der Waals surface area contributed by atoms with Gasteiger partial charge in [0.1, 0.15) is 11.4 Å². The van der Waals surface area contributed by atoms with Crippen LogP contribution in [0, 0.1) is 11.6 Å². The molecule has 2 bridgehead atoms. The molecule has 6 nitrogen and oxygen atoms in total. The first-order chi connectivity index (χ1) is 12.5. The Hall–Kier alpha value is -1.93. The highest BCUT2D eigenvalue weighted by molar-refractivity contribution is 5.69. The number of morpholine rings is 1. The molecule has 0 radical (unpaired) electrons. The monoisotopic (exact) mass is 385 g/mol. The van der Waals surface area contributed by atoms with E-state index in [1.807, 2.05) is 0 Å². The number of piperidine rings is 1.